The molecule has 7 heteroatoms. The zero-order chi connectivity index (χ0) is 15.6. The van der Waals surface area contributed by atoms with Crippen LogP contribution >= 0.6 is 0 Å². The van der Waals surface area contributed by atoms with Gasteiger partial charge in [0.15, 0.2) is 17.2 Å². The van der Waals surface area contributed by atoms with Gasteiger partial charge in [-0.25, -0.2) is 0 Å². The van der Waals surface area contributed by atoms with Gasteiger partial charge >= 0.3 is 0 Å². The molecule has 0 saturated carbocycles. The lowest BCUT2D eigenvalue weighted by Gasteiger charge is -2.24. The van der Waals surface area contributed by atoms with Crippen LogP contribution in [0.15, 0.2) is 24.4 Å². The smallest absolute Gasteiger partial charge is 0.276 e. The summed E-state index contributed by atoms with van der Waals surface area (Å²) in [5.41, 5.74) is 1.43. The highest BCUT2D eigenvalue weighted by Crippen LogP contribution is 2.38. The third-order valence-corrected chi connectivity index (χ3v) is 4.30. The maximum atomic E-state index is 12.6. The van der Waals surface area contributed by atoms with Crippen LogP contribution in [0.1, 0.15) is 41.4 Å². The van der Waals surface area contributed by atoms with E-state index >= 15 is 0 Å². The van der Waals surface area contributed by atoms with Crippen LogP contribution in [-0.2, 0) is 0 Å². The molecule has 1 fully saturated rings. The van der Waals surface area contributed by atoms with Crippen molar-refractivity contribution in [3.05, 3.63) is 35.7 Å². The number of fused-ring (bicyclic) bond motifs is 1. The van der Waals surface area contributed by atoms with Crippen LogP contribution in [0.5, 0.6) is 11.5 Å². The number of nitrogens with one attached hydrogen (secondary N) is 1. The van der Waals surface area contributed by atoms with Gasteiger partial charge in [0.25, 0.3) is 5.91 Å². The van der Waals surface area contributed by atoms with Crippen LogP contribution in [0.4, 0.5) is 0 Å². The Balaban J connectivity index is 1.61. The number of carbonyl (C=O) groups excluding carboxylic acids is 1. The molecule has 7 nitrogen and oxygen atoms in total. The van der Waals surface area contributed by atoms with Gasteiger partial charge in [0, 0.05) is 13.0 Å². The average molecular weight is 314 g/mol. The average Bonchev–Trinajstić information content (AvgIpc) is 3.22. The molecule has 0 bridgehead atoms. The molecule has 1 aromatic heterocycles. The third-order valence-electron chi connectivity index (χ3n) is 4.30. The summed E-state index contributed by atoms with van der Waals surface area (Å²) >= 11 is 0. The zero-order valence-corrected chi connectivity index (χ0v) is 12.7. The third kappa shape index (κ3) is 2.62. The van der Waals surface area contributed by atoms with Gasteiger partial charge in [0.1, 0.15) is 0 Å². The zero-order valence-electron chi connectivity index (χ0n) is 12.7. The Bertz CT molecular complexity index is 701. The van der Waals surface area contributed by atoms with Gasteiger partial charge in [-0.05, 0) is 30.5 Å². The number of benzene rings is 1. The van der Waals surface area contributed by atoms with Crippen LogP contribution in [0.3, 0.4) is 0 Å². The summed E-state index contributed by atoms with van der Waals surface area (Å²) in [6, 6.07) is 6.00. The summed E-state index contributed by atoms with van der Waals surface area (Å²) in [5, 5.41) is 10.1. The maximum absolute atomic E-state index is 12.6. The number of rotatable bonds is 2. The summed E-state index contributed by atoms with van der Waals surface area (Å²) in [5.74, 6) is 1.45. The van der Waals surface area contributed by atoms with Gasteiger partial charge < -0.3 is 14.4 Å². The standard InChI is InChI=1S/C16H18N4O3/c21-16(12-10-17-19-18-12)20-6-1-3-13(20)11-4-5-14-15(9-11)23-8-2-7-22-14/h4-5,9-10,13H,1-3,6-8H2,(H,17,18,19). The number of carbonyl (C=O) groups is 1. The van der Waals surface area contributed by atoms with E-state index in [2.05, 4.69) is 15.4 Å². The highest BCUT2D eigenvalue weighted by atomic mass is 16.5. The molecule has 1 N–H and O–H groups in total. The highest BCUT2D eigenvalue weighted by Gasteiger charge is 2.32. The first kappa shape index (κ1) is 14.0. The van der Waals surface area contributed by atoms with E-state index in [1.165, 1.54) is 6.20 Å². The van der Waals surface area contributed by atoms with E-state index in [1.807, 2.05) is 23.1 Å². The summed E-state index contributed by atoms with van der Waals surface area (Å²) in [4.78, 5) is 14.4. The largest absolute Gasteiger partial charge is 0.490 e. The number of aromatic amines is 1. The minimum absolute atomic E-state index is 0.0383. The van der Waals surface area contributed by atoms with E-state index in [4.69, 9.17) is 9.47 Å². The van der Waals surface area contributed by atoms with Gasteiger partial charge in [0.2, 0.25) is 0 Å². The first-order valence-electron chi connectivity index (χ1n) is 7.89. The Hall–Kier alpha value is -2.57. The monoisotopic (exact) mass is 314 g/mol. The maximum Gasteiger partial charge on any atom is 0.276 e. The van der Waals surface area contributed by atoms with Crippen LogP contribution in [0, 0.1) is 0 Å². The first-order chi connectivity index (χ1) is 11.3. The predicted octanol–water partition coefficient (Wildman–Crippen LogP) is 1.94. The minimum Gasteiger partial charge on any atom is -0.490 e. The number of nitrogens with zero attached hydrogens (tertiary/aromatic N) is 3. The molecule has 0 radical (unpaired) electrons. The van der Waals surface area contributed by atoms with Crippen molar-refractivity contribution in [1.29, 1.82) is 0 Å². The molecule has 1 saturated heterocycles. The molecule has 2 aliphatic rings. The van der Waals surface area contributed by atoms with Gasteiger partial charge in [-0.1, -0.05) is 6.07 Å². The Morgan fingerprint density at radius 3 is 2.91 bits per heavy atom. The Morgan fingerprint density at radius 2 is 2.09 bits per heavy atom. The minimum atomic E-state index is -0.0895. The molecule has 1 atom stereocenters. The van der Waals surface area contributed by atoms with Crippen molar-refractivity contribution in [2.75, 3.05) is 19.8 Å². The van der Waals surface area contributed by atoms with Crippen molar-refractivity contribution in [2.45, 2.75) is 25.3 Å². The Kier molecular flexibility index (Phi) is 3.61. The number of ether oxygens (including phenoxy) is 2. The van der Waals surface area contributed by atoms with E-state index < -0.39 is 0 Å². The van der Waals surface area contributed by atoms with Crippen molar-refractivity contribution in [1.82, 2.24) is 20.3 Å². The fraction of sp³-hybridized carbons (Fsp3) is 0.438. The quantitative estimate of drug-likeness (QED) is 0.916. The molecule has 4 rings (SSSR count). The van der Waals surface area contributed by atoms with Crippen molar-refractivity contribution < 1.29 is 14.3 Å². The predicted molar refractivity (Wildman–Crippen MR) is 81.4 cm³/mol. The summed E-state index contributed by atoms with van der Waals surface area (Å²) < 4.78 is 11.4. The van der Waals surface area contributed by atoms with Gasteiger partial charge in [-0.15, -0.1) is 0 Å². The van der Waals surface area contributed by atoms with Crippen molar-refractivity contribution in [3.8, 4) is 11.5 Å². The second-order valence-corrected chi connectivity index (χ2v) is 5.77. The van der Waals surface area contributed by atoms with E-state index in [0.717, 1.165) is 42.9 Å². The fourth-order valence-corrected chi connectivity index (χ4v) is 3.20. The molecular weight excluding hydrogens is 296 g/mol. The van der Waals surface area contributed by atoms with Gasteiger partial charge in [0.05, 0.1) is 25.5 Å². The lowest BCUT2D eigenvalue weighted by molar-refractivity contribution is 0.0729. The number of likely N-dealkylation sites (tertiary alicyclic amines) is 1. The molecular formula is C16H18N4O3. The highest BCUT2D eigenvalue weighted by molar-refractivity contribution is 5.92. The number of H-pyrrole nitrogens is 1. The topological polar surface area (TPSA) is 80.3 Å². The number of hydrogen-bond acceptors (Lipinski definition) is 5. The van der Waals surface area contributed by atoms with Crippen LogP contribution in [0.25, 0.3) is 0 Å². The van der Waals surface area contributed by atoms with Crippen LogP contribution < -0.4 is 9.47 Å². The van der Waals surface area contributed by atoms with E-state index in [0.29, 0.717) is 18.9 Å². The lowest BCUT2D eigenvalue weighted by atomic mass is 10.0. The van der Waals surface area contributed by atoms with Gasteiger partial charge in [-0.2, -0.15) is 15.4 Å². The van der Waals surface area contributed by atoms with Crippen molar-refractivity contribution in [3.63, 3.8) is 0 Å². The molecule has 0 spiro atoms. The SMILES string of the molecule is O=C(c1cn[nH]n1)N1CCCC1c1ccc2c(c1)OCCCO2. The summed E-state index contributed by atoms with van der Waals surface area (Å²) in [7, 11) is 0. The normalized spacial score (nSPS) is 20.3. The Morgan fingerprint density at radius 1 is 1.22 bits per heavy atom. The van der Waals surface area contributed by atoms with Crippen LogP contribution in [0.2, 0.25) is 0 Å². The summed E-state index contributed by atoms with van der Waals surface area (Å²) in [6.07, 6.45) is 4.25. The molecule has 1 amide bonds. The second kappa shape index (κ2) is 5.91. The van der Waals surface area contributed by atoms with Gasteiger partial charge in [-0.3, -0.25) is 4.79 Å². The summed E-state index contributed by atoms with van der Waals surface area (Å²) in [6.45, 7) is 2.06. The fourth-order valence-electron chi connectivity index (χ4n) is 3.20. The molecule has 1 unspecified atom stereocenters. The molecule has 2 aliphatic heterocycles. The number of hydrogen-bond donors (Lipinski definition) is 1. The first-order valence-corrected chi connectivity index (χ1v) is 7.89. The molecule has 1 aromatic carbocycles. The number of amides is 1. The molecule has 3 heterocycles. The Labute approximate surface area is 133 Å². The van der Waals surface area contributed by atoms with Crippen molar-refractivity contribution in [2.24, 2.45) is 0 Å². The van der Waals surface area contributed by atoms with E-state index in [-0.39, 0.29) is 11.9 Å². The molecule has 2 aromatic rings. The molecule has 120 valence electrons. The van der Waals surface area contributed by atoms with E-state index in [9.17, 15) is 4.79 Å². The molecule has 23 heavy (non-hydrogen) atoms. The second-order valence-electron chi connectivity index (χ2n) is 5.77. The van der Waals surface area contributed by atoms with Crippen LogP contribution in [-0.4, -0.2) is 46.0 Å². The lowest BCUT2D eigenvalue weighted by Crippen LogP contribution is -2.30. The van der Waals surface area contributed by atoms with Crippen molar-refractivity contribution >= 4 is 5.91 Å². The molecule has 0 aliphatic carbocycles. The van der Waals surface area contributed by atoms with E-state index in [1.54, 1.807) is 0 Å². The number of aromatic nitrogens is 3.